The van der Waals surface area contributed by atoms with Gasteiger partial charge in [-0.05, 0) is 37.5 Å². The summed E-state index contributed by atoms with van der Waals surface area (Å²) in [5.41, 5.74) is -3.24. The van der Waals surface area contributed by atoms with Crippen molar-refractivity contribution in [2.24, 2.45) is 35.5 Å². The first-order chi connectivity index (χ1) is 20.2. The number of aliphatic carboxylic acids is 2. The molecule has 2 aliphatic rings. The van der Waals surface area contributed by atoms with Crippen LogP contribution in [0.5, 0.6) is 0 Å². The maximum Gasteiger partial charge on any atom is 0.336 e. The molecule has 0 amide bonds. The molecular weight excluding hydrogens is 552 g/mol. The van der Waals surface area contributed by atoms with Gasteiger partial charge in [0.1, 0.15) is 12.2 Å². The first-order valence-electron chi connectivity index (χ1n) is 16.1. The zero-order valence-corrected chi connectivity index (χ0v) is 26.1. The van der Waals surface area contributed by atoms with Crippen LogP contribution in [-0.4, -0.2) is 113 Å². The van der Waals surface area contributed by atoms with Gasteiger partial charge in [-0.25, -0.2) is 9.59 Å². The lowest BCUT2D eigenvalue weighted by atomic mass is 9.72. The Bertz CT molecular complexity index is 852. The number of ether oxygens (including phenoxy) is 2. The first-order valence-corrected chi connectivity index (χ1v) is 14.7. The Kier molecular flexibility index (Phi) is 12.6. The number of aliphatic hydroxyl groups is 6. The molecule has 42 heavy (non-hydrogen) atoms. The maximum absolute atomic E-state index is 11.9. The molecule has 0 aromatic rings. The van der Waals surface area contributed by atoms with Crippen molar-refractivity contribution >= 4 is 11.9 Å². The van der Waals surface area contributed by atoms with E-state index in [0.29, 0.717) is 0 Å². The molecule has 248 valence electrons. The van der Waals surface area contributed by atoms with Crippen molar-refractivity contribution in [3.05, 3.63) is 0 Å². The van der Waals surface area contributed by atoms with E-state index in [9.17, 15) is 50.4 Å². The molecule has 0 spiro atoms. The number of carboxylic acids is 2. The van der Waals surface area contributed by atoms with Crippen molar-refractivity contribution in [2.45, 2.75) is 142 Å². The van der Waals surface area contributed by atoms with Crippen LogP contribution in [0.1, 0.15) is 84.8 Å². The van der Waals surface area contributed by atoms with Crippen molar-refractivity contribution in [1.29, 1.82) is 0 Å². The van der Waals surface area contributed by atoms with Crippen LogP contribution in [0.4, 0.5) is 0 Å². The van der Waals surface area contributed by atoms with Crippen LogP contribution in [0.15, 0.2) is 0 Å². The standard InChI is InChI=1S/2C15H28O6/c2*1-7(2)9(4)15(14(19)20)6-11(17)8(3)13(21-15)12(18)10(5)16/h2*7-13,16-18H,6H2,1-5H3,(H,19,20)/i2*5D. The van der Waals surface area contributed by atoms with Gasteiger partial charge in [-0.1, -0.05) is 55.4 Å². The van der Waals surface area contributed by atoms with E-state index >= 15 is 0 Å². The number of rotatable bonds is 10. The monoisotopic (exact) mass is 610 g/mol. The first kappa shape index (κ1) is 35.1. The quantitative estimate of drug-likeness (QED) is 0.175. The van der Waals surface area contributed by atoms with Gasteiger partial charge in [0.05, 0.1) is 36.6 Å². The molecule has 0 bridgehead atoms. The molecule has 0 aliphatic carbocycles. The van der Waals surface area contributed by atoms with Gasteiger partial charge < -0.3 is 50.3 Å². The molecule has 2 heterocycles. The summed E-state index contributed by atoms with van der Waals surface area (Å²) in [5.74, 6) is -4.24. The van der Waals surface area contributed by atoms with Crippen molar-refractivity contribution in [1.82, 2.24) is 0 Å². The summed E-state index contributed by atoms with van der Waals surface area (Å²) >= 11 is 0. The van der Waals surface area contributed by atoms with Gasteiger partial charge in [0.2, 0.25) is 0 Å². The van der Waals surface area contributed by atoms with E-state index in [2.05, 4.69) is 0 Å². The van der Waals surface area contributed by atoms with Crippen LogP contribution in [0.2, 0.25) is 0 Å². The van der Waals surface area contributed by atoms with Crippen LogP contribution in [0, 0.1) is 35.5 Å². The van der Waals surface area contributed by atoms with E-state index in [0.717, 1.165) is 0 Å². The second-order valence-corrected chi connectivity index (χ2v) is 13.0. The molecule has 2 fully saturated rings. The summed E-state index contributed by atoms with van der Waals surface area (Å²) in [7, 11) is 0. The number of carboxylic acid groups (broad SMARTS) is 2. The molecule has 0 aromatic carbocycles. The highest BCUT2D eigenvalue weighted by Crippen LogP contribution is 2.43. The lowest BCUT2D eigenvalue weighted by Crippen LogP contribution is -2.62. The van der Waals surface area contributed by atoms with Gasteiger partial charge in [-0.2, -0.15) is 0 Å². The Morgan fingerprint density at radius 2 is 0.976 bits per heavy atom. The number of carbonyl (C=O) groups is 2. The molecule has 8 N–H and O–H groups in total. The summed E-state index contributed by atoms with van der Waals surface area (Å²) in [6.07, 6.45) is -9.68. The number of hydrogen-bond donors (Lipinski definition) is 8. The third-order valence-electron chi connectivity index (χ3n) is 9.62. The van der Waals surface area contributed by atoms with Gasteiger partial charge >= 0.3 is 11.9 Å². The van der Waals surface area contributed by atoms with Crippen LogP contribution in [0.3, 0.4) is 0 Å². The average molecular weight is 611 g/mol. The fourth-order valence-corrected chi connectivity index (χ4v) is 5.76. The minimum atomic E-state index is -1.62. The number of hydrogen-bond acceptors (Lipinski definition) is 10. The van der Waals surface area contributed by atoms with Gasteiger partial charge in [-0.15, -0.1) is 0 Å². The second kappa shape index (κ2) is 15.1. The zero-order valence-electron chi connectivity index (χ0n) is 28.1. The van der Waals surface area contributed by atoms with Gasteiger partial charge in [0.25, 0.3) is 0 Å². The summed E-state index contributed by atoms with van der Waals surface area (Å²) in [6.45, 7) is 13.4. The fraction of sp³-hybridized carbons (Fsp3) is 0.933. The third kappa shape index (κ3) is 8.01. The SMILES string of the molecule is [2H]CC(O)C(O)C1OC(C(=O)O)(C(C)C(C)C)CC(O)C1C.[2H]CC(O)C(O)C1OC(C(=O)O)(C(C)C(C)C)CC(O)C1C. The average Bonchev–Trinajstić information content (AvgIpc) is 2.97. The molecular formula is C30H56O12. The van der Waals surface area contributed by atoms with Gasteiger partial charge in [0.15, 0.2) is 11.2 Å². The largest absolute Gasteiger partial charge is 0.479 e. The predicted octanol–water partition coefficient (Wildman–Crippen LogP) is 1.26. The van der Waals surface area contributed by atoms with Crippen LogP contribution in [-0.2, 0) is 19.1 Å². The minimum Gasteiger partial charge on any atom is -0.479 e. The lowest BCUT2D eigenvalue weighted by molar-refractivity contribution is -0.250. The topological polar surface area (TPSA) is 214 Å². The Hall–Kier alpha value is -1.38. The van der Waals surface area contributed by atoms with Crippen LogP contribution < -0.4 is 0 Å². The third-order valence-corrected chi connectivity index (χ3v) is 9.62. The highest BCUT2D eigenvalue weighted by molar-refractivity contribution is 5.78. The summed E-state index contributed by atoms with van der Waals surface area (Å²) in [6, 6.07) is 0. The highest BCUT2D eigenvalue weighted by Gasteiger charge is 2.57. The number of aliphatic hydroxyl groups excluding tert-OH is 6. The maximum atomic E-state index is 11.9. The Labute approximate surface area is 252 Å². The fourth-order valence-electron chi connectivity index (χ4n) is 5.76. The van der Waals surface area contributed by atoms with Crippen molar-refractivity contribution in [3.8, 4) is 0 Å². The van der Waals surface area contributed by atoms with E-state index in [1.54, 1.807) is 27.7 Å². The Morgan fingerprint density at radius 3 is 1.19 bits per heavy atom. The molecule has 12 heteroatoms. The Morgan fingerprint density at radius 1 is 0.690 bits per heavy atom. The van der Waals surface area contributed by atoms with E-state index in [4.69, 9.17) is 12.2 Å². The molecule has 0 aromatic heterocycles. The molecule has 2 saturated heterocycles. The van der Waals surface area contributed by atoms with E-state index in [-0.39, 0.29) is 24.7 Å². The molecule has 14 unspecified atom stereocenters. The van der Waals surface area contributed by atoms with Gasteiger partial charge in [-0.3, -0.25) is 0 Å². The van der Waals surface area contributed by atoms with Crippen molar-refractivity contribution in [2.75, 3.05) is 0 Å². The lowest BCUT2D eigenvalue weighted by Gasteiger charge is -2.49. The minimum absolute atomic E-state index is 0.00408. The smallest absolute Gasteiger partial charge is 0.336 e. The zero-order chi connectivity index (χ0) is 34.5. The van der Waals surface area contributed by atoms with E-state index < -0.39 is 109 Å². The van der Waals surface area contributed by atoms with Crippen LogP contribution >= 0.6 is 0 Å². The summed E-state index contributed by atoms with van der Waals surface area (Å²) in [5, 5.41) is 79.7. The summed E-state index contributed by atoms with van der Waals surface area (Å²) in [4.78, 5) is 23.7. The summed E-state index contributed by atoms with van der Waals surface area (Å²) < 4.78 is 25.9. The van der Waals surface area contributed by atoms with Crippen LogP contribution in [0.25, 0.3) is 0 Å². The Balaban J connectivity index is 0.000000440. The molecule has 2 aliphatic heterocycles. The second-order valence-electron chi connectivity index (χ2n) is 13.0. The molecule has 14 atom stereocenters. The molecule has 0 saturated carbocycles. The normalized spacial score (nSPS) is 38.7. The predicted molar refractivity (Wildman–Crippen MR) is 153 cm³/mol. The highest BCUT2D eigenvalue weighted by atomic mass is 16.6. The van der Waals surface area contributed by atoms with Crippen molar-refractivity contribution < 1.29 is 62.7 Å². The molecule has 0 radical (unpaired) electrons. The van der Waals surface area contributed by atoms with E-state index in [1.165, 1.54) is 0 Å². The van der Waals surface area contributed by atoms with Gasteiger partial charge in [0, 0.05) is 27.4 Å². The molecule has 12 nitrogen and oxygen atoms in total. The van der Waals surface area contributed by atoms with E-state index in [1.807, 2.05) is 27.7 Å². The molecule has 2 rings (SSSR count). The van der Waals surface area contributed by atoms with Crippen molar-refractivity contribution in [3.63, 3.8) is 0 Å².